The zero-order valence-electron chi connectivity index (χ0n) is 25.9. The van der Waals surface area contributed by atoms with Crippen molar-refractivity contribution in [2.75, 3.05) is 25.5 Å². The van der Waals surface area contributed by atoms with E-state index in [0.717, 1.165) is 33.4 Å². The molecule has 4 aromatic carbocycles. The summed E-state index contributed by atoms with van der Waals surface area (Å²) in [5.74, 6) is -0.982. The number of amides is 3. The van der Waals surface area contributed by atoms with Gasteiger partial charge in [-0.05, 0) is 71.9 Å². The van der Waals surface area contributed by atoms with Gasteiger partial charge in [-0.15, -0.1) is 0 Å². The normalized spacial score (nSPS) is 13.2. The van der Waals surface area contributed by atoms with E-state index in [9.17, 15) is 19.5 Å². The first-order valence-corrected chi connectivity index (χ1v) is 15.6. The van der Waals surface area contributed by atoms with Crippen LogP contribution in [0.3, 0.4) is 0 Å². The van der Waals surface area contributed by atoms with E-state index in [4.69, 9.17) is 4.74 Å². The number of carbonyl (C=O) groups excluding carboxylic acids is 3. The van der Waals surface area contributed by atoms with Crippen molar-refractivity contribution in [3.8, 4) is 11.1 Å². The van der Waals surface area contributed by atoms with Crippen molar-refractivity contribution in [3.05, 3.63) is 125 Å². The maximum absolute atomic E-state index is 13.7. The number of rotatable bonds is 14. The third kappa shape index (κ3) is 8.18. The Morgan fingerprint density at radius 2 is 1.37 bits per heavy atom. The maximum atomic E-state index is 13.7. The van der Waals surface area contributed by atoms with Gasteiger partial charge in [0.15, 0.2) is 0 Å². The Balaban J connectivity index is 1.28. The molecule has 0 fully saturated rings. The predicted molar refractivity (Wildman–Crippen MR) is 178 cm³/mol. The minimum atomic E-state index is -0.985. The highest BCUT2D eigenvalue weighted by Gasteiger charge is 2.31. The van der Waals surface area contributed by atoms with E-state index in [1.54, 1.807) is 24.3 Å². The Kier molecular flexibility index (Phi) is 11.2. The molecule has 0 spiro atoms. The van der Waals surface area contributed by atoms with E-state index >= 15 is 0 Å². The molecule has 0 saturated heterocycles. The second kappa shape index (κ2) is 15.8. The average molecular weight is 621 g/mol. The lowest BCUT2D eigenvalue weighted by molar-refractivity contribution is -0.128. The molecule has 0 saturated carbocycles. The summed E-state index contributed by atoms with van der Waals surface area (Å²) in [6, 6.07) is 30.6. The van der Waals surface area contributed by atoms with Crippen LogP contribution in [0.1, 0.15) is 41.0 Å². The van der Waals surface area contributed by atoms with Crippen LogP contribution >= 0.6 is 0 Å². The lowest BCUT2D eigenvalue weighted by Crippen LogP contribution is -2.53. The van der Waals surface area contributed by atoms with Gasteiger partial charge >= 0.3 is 6.09 Å². The second-order valence-corrected chi connectivity index (χ2v) is 11.4. The Morgan fingerprint density at radius 1 is 0.739 bits per heavy atom. The van der Waals surface area contributed by atoms with Gasteiger partial charge in [0, 0.05) is 18.0 Å². The molecule has 238 valence electrons. The van der Waals surface area contributed by atoms with Crippen LogP contribution in [0.4, 0.5) is 10.5 Å². The van der Waals surface area contributed by atoms with Crippen LogP contribution in [-0.4, -0.2) is 55.3 Å². The SMILES string of the molecule is CNCCC[C@H](NC(=O)[C@H](Cc1ccccc1)NC(=O)OCC1c2ccccc2-c2ccccc21)C(=O)Nc1ccc(CO)cc1. The smallest absolute Gasteiger partial charge is 0.407 e. The van der Waals surface area contributed by atoms with E-state index in [-0.39, 0.29) is 31.5 Å². The number of carbonyl (C=O) groups is 3. The minimum Gasteiger partial charge on any atom is -0.449 e. The molecule has 5 N–H and O–H groups in total. The molecular formula is C37H40N4O5. The van der Waals surface area contributed by atoms with Gasteiger partial charge in [-0.3, -0.25) is 9.59 Å². The zero-order chi connectivity index (χ0) is 32.3. The van der Waals surface area contributed by atoms with E-state index in [0.29, 0.717) is 25.1 Å². The van der Waals surface area contributed by atoms with E-state index in [1.165, 1.54) is 0 Å². The standard InChI is InChI=1S/C37H40N4O5/c1-38-21-9-16-33(35(43)39-27-19-17-26(23-42)18-20-27)40-36(44)34(22-25-10-3-2-4-11-25)41-37(45)46-24-32-30-14-7-5-12-28(30)29-13-6-8-15-31(29)32/h2-8,10-15,17-20,32-34,38,42H,9,16,21-24H2,1H3,(H,39,43)(H,40,44)(H,41,45)/t33-,34-/m0/s1. The van der Waals surface area contributed by atoms with Crippen LogP contribution in [0, 0.1) is 0 Å². The molecule has 0 radical (unpaired) electrons. The van der Waals surface area contributed by atoms with Gasteiger partial charge < -0.3 is 31.1 Å². The molecule has 46 heavy (non-hydrogen) atoms. The van der Waals surface area contributed by atoms with Crippen LogP contribution in [0.5, 0.6) is 0 Å². The van der Waals surface area contributed by atoms with Crippen molar-refractivity contribution in [2.45, 2.75) is 43.9 Å². The monoisotopic (exact) mass is 620 g/mol. The van der Waals surface area contributed by atoms with E-state index in [2.05, 4.69) is 33.4 Å². The van der Waals surface area contributed by atoms with Crippen molar-refractivity contribution in [1.82, 2.24) is 16.0 Å². The third-order valence-electron chi connectivity index (χ3n) is 8.19. The largest absolute Gasteiger partial charge is 0.449 e. The van der Waals surface area contributed by atoms with E-state index in [1.807, 2.05) is 73.8 Å². The molecule has 0 heterocycles. The topological polar surface area (TPSA) is 129 Å². The Hall–Kier alpha value is -4.99. The van der Waals surface area contributed by atoms with Crippen molar-refractivity contribution in [3.63, 3.8) is 0 Å². The average Bonchev–Trinajstić information content (AvgIpc) is 3.41. The van der Waals surface area contributed by atoms with Gasteiger partial charge in [-0.1, -0.05) is 91.0 Å². The van der Waals surface area contributed by atoms with Crippen LogP contribution in [-0.2, 0) is 27.4 Å². The molecule has 5 rings (SSSR count). The molecule has 0 aromatic heterocycles. The summed E-state index contributed by atoms with van der Waals surface area (Å²) in [5.41, 5.74) is 6.56. The van der Waals surface area contributed by atoms with Crippen LogP contribution < -0.4 is 21.3 Å². The summed E-state index contributed by atoms with van der Waals surface area (Å²) in [4.78, 5) is 40.3. The number of aliphatic hydroxyl groups is 1. The summed E-state index contributed by atoms with van der Waals surface area (Å²) < 4.78 is 5.75. The number of hydrogen-bond acceptors (Lipinski definition) is 6. The molecule has 1 aliphatic carbocycles. The van der Waals surface area contributed by atoms with Crippen LogP contribution in [0.15, 0.2) is 103 Å². The first-order valence-electron chi connectivity index (χ1n) is 15.6. The summed E-state index contributed by atoms with van der Waals surface area (Å²) in [6.45, 7) is 0.677. The first kappa shape index (κ1) is 32.4. The number of alkyl carbamates (subject to hydrolysis) is 1. The highest BCUT2D eigenvalue weighted by atomic mass is 16.5. The number of nitrogens with one attached hydrogen (secondary N) is 4. The second-order valence-electron chi connectivity index (χ2n) is 11.4. The number of fused-ring (bicyclic) bond motifs is 3. The molecule has 0 bridgehead atoms. The van der Waals surface area contributed by atoms with Gasteiger partial charge in [-0.2, -0.15) is 0 Å². The van der Waals surface area contributed by atoms with Crippen molar-refractivity contribution in [1.29, 1.82) is 0 Å². The molecule has 4 aromatic rings. The molecule has 2 atom stereocenters. The summed E-state index contributed by atoms with van der Waals surface area (Å²) >= 11 is 0. The fourth-order valence-corrected chi connectivity index (χ4v) is 5.79. The maximum Gasteiger partial charge on any atom is 0.407 e. The Labute approximate surface area is 269 Å². The highest BCUT2D eigenvalue weighted by molar-refractivity contribution is 5.98. The lowest BCUT2D eigenvalue weighted by Gasteiger charge is -2.24. The molecular weight excluding hydrogens is 580 g/mol. The van der Waals surface area contributed by atoms with Gasteiger partial charge in [0.25, 0.3) is 0 Å². The predicted octanol–water partition coefficient (Wildman–Crippen LogP) is 4.75. The Bertz CT molecular complexity index is 1580. The van der Waals surface area contributed by atoms with Gasteiger partial charge in [-0.25, -0.2) is 4.79 Å². The lowest BCUT2D eigenvalue weighted by atomic mass is 9.98. The number of hydrogen-bond donors (Lipinski definition) is 5. The molecule has 3 amide bonds. The fourth-order valence-electron chi connectivity index (χ4n) is 5.79. The molecule has 0 aliphatic heterocycles. The number of anilines is 1. The molecule has 9 nitrogen and oxygen atoms in total. The highest BCUT2D eigenvalue weighted by Crippen LogP contribution is 2.44. The van der Waals surface area contributed by atoms with E-state index < -0.39 is 24.1 Å². The first-order chi connectivity index (χ1) is 22.5. The molecule has 0 unspecified atom stereocenters. The van der Waals surface area contributed by atoms with Gasteiger partial charge in [0.05, 0.1) is 6.61 Å². The number of aliphatic hydroxyl groups excluding tert-OH is 1. The van der Waals surface area contributed by atoms with Crippen molar-refractivity contribution in [2.24, 2.45) is 0 Å². The number of benzene rings is 4. The quantitative estimate of drug-likeness (QED) is 0.130. The molecule has 1 aliphatic rings. The minimum absolute atomic E-state index is 0.101. The van der Waals surface area contributed by atoms with Crippen molar-refractivity contribution >= 4 is 23.6 Å². The fraction of sp³-hybridized carbons (Fsp3) is 0.270. The number of ether oxygens (including phenoxy) is 1. The summed E-state index contributed by atoms with van der Waals surface area (Å²) in [5, 5.41) is 20.9. The zero-order valence-corrected chi connectivity index (χ0v) is 25.9. The van der Waals surface area contributed by atoms with Crippen LogP contribution in [0.2, 0.25) is 0 Å². The molecule has 9 heteroatoms. The summed E-state index contributed by atoms with van der Waals surface area (Å²) in [7, 11) is 1.82. The van der Waals surface area contributed by atoms with Crippen molar-refractivity contribution < 1.29 is 24.2 Å². The Morgan fingerprint density at radius 3 is 2.00 bits per heavy atom. The van der Waals surface area contributed by atoms with Crippen LogP contribution in [0.25, 0.3) is 11.1 Å². The summed E-state index contributed by atoms with van der Waals surface area (Å²) in [6.07, 6.45) is 0.528. The van der Waals surface area contributed by atoms with Gasteiger partial charge in [0.1, 0.15) is 18.7 Å². The van der Waals surface area contributed by atoms with Gasteiger partial charge in [0.2, 0.25) is 11.8 Å². The third-order valence-corrected chi connectivity index (χ3v) is 8.19.